The molecule has 1 unspecified atom stereocenters. The van der Waals surface area contributed by atoms with E-state index in [0.717, 1.165) is 15.7 Å². The normalized spacial score (nSPS) is 16.3. The number of hydrogen-bond acceptors (Lipinski definition) is 6. The van der Waals surface area contributed by atoms with Crippen LogP contribution in [0, 0.1) is 0 Å². The van der Waals surface area contributed by atoms with Gasteiger partial charge in [-0.1, -0.05) is 0 Å². The van der Waals surface area contributed by atoms with E-state index in [2.05, 4.69) is 9.97 Å². The number of carbonyl (C=O) groups is 1. The van der Waals surface area contributed by atoms with Crippen molar-refractivity contribution in [2.75, 3.05) is 6.54 Å². The molecule has 2 aromatic heterocycles. The van der Waals surface area contributed by atoms with E-state index in [9.17, 15) is 18.3 Å². The van der Waals surface area contributed by atoms with Crippen LogP contribution in [0.1, 0.15) is 17.4 Å². The number of carboxylic acid groups (broad SMARTS) is 1. The first-order valence-electron chi connectivity index (χ1n) is 10.1. The highest BCUT2D eigenvalue weighted by atomic mass is 32.2. The number of sulfonamides is 1. The average molecular weight is 465 g/mol. The van der Waals surface area contributed by atoms with Crippen LogP contribution in [0.3, 0.4) is 0 Å². The summed E-state index contributed by atoms with van der Waals surface area (Å²) in [6.45, 7) is 0.0477. The Morgan fingerprint density at radius 3 is 2.42 bits per heavy atom. The van der Waals surface area contributed by atoms with Crippen molar-refractivity contribution in [1.82, 2.24) is 14.3 Å². The number of benzene rings is 2. The molecule has 0 spiro atoms. The molecule has 9 nitrogen and oxygen atoms in total. The number of aliphatic carboxylic acids is 1. The van der Waals surface area contributed by atoms with Crippen LogP contribution in [0.15, 0.2) is 82.6 Å². The molecule has 0 saturated carbocycles. The van der Waals surface area contributed by atoms with E-state index in [1.807, 2.05) is 12.1 Å². The molecule has 1 aliphatic rings. The van der Waals surface area contributed by atoms with Gasteiger partial charge in [0.1, 0.15) is 23.1 Å². The van der Waals surface area contributed by atoms with Crippen LogP contribution in [0.2, 0.25) is 0 Å². The number of H-pyrrole nitrogens is 1. The summed E-state index contributed by atoms with van der Waals surface area (Å²) < 4.78 is 38.5. The predicted octanol–water partition coefficient (Wildman–Crippen LogP) is 3.83. The first kappa shape index (κ1) is 21.0. The van der Waals surface area contributed by atoms with Crippen LogP contribution in [0.25, 0.3) is 11.4 Å². The first-order chi connectivity index (χ1) is 15.9. The van der Waals surface area contributed by atoms with E-state index in [-0.39, 0.29) is 17.2 Å². The molecule has 0 bridgehead atoms. The highest BCUT2D eigenvalue weighted by Gasteiger charge is 2.42. The third-order valence-corrected chi connectivity index (χ3v) is 7.32. The monoisotopic (exact) mass is 465 g/mol. The van der Waals surface area contributed by atoms with E-state index < -0.39 is 22.0 Å². The summed E-state index contributed by atoms with van der Waals surface area (Å²) in [6.07, 6.45) is 5.17. The second-order valence-corrected chi connectivity index (χ2v) is 9.34. The van der Waals surface area contributed by atoms with Crippen LogP contribution >= 0.6 is 0 Å². The number of aromatic amines is 1. The van der Waals surface area contributed by atoms with Gasteiger partial charge >= 0.3 is 5.97 Å². The predicted molar refractivity (Wildman–Crippen MR) is 117 cm³/mol. The Balaban J connectivity index is 1.35. The second kappa shape index (κ2) is 8.23. The topological polar surface area (TPSA) is 126 Å². The lowest BCUT2D eigenvalue weighted by Gasteiger charge is -2.31. The van der Waals surface area contributed by atoms with Crippen LogP contribution in [-0.2, 0) is 21.2 Å². The Labute approximate surface area is 189 Å². The molecular formula is C23H19N3O6S. The lowest BCUT2D eigenvalue weighted by Crippen LogP contribution is -2.43. The zero-order valence-corrected chi connectivity index (χ0v) is 18.0. The van der Waals surface area contributed by atoms with Gasteiger partial charge in [-0.2, -0.15) is 4.31 Å². The van der Waals surface area contributed by atoms with Gasteiger partial charge in [0.05, 0.1) is 11.2 Å². The highest BCUT2D eigenvalue weighted by molar-refractivity contribution is 7.89. The van der Waals surface area contributed by atoms with Crippen molar-refractivity contribution in [3.05, 3.63) is 84.6 Å². The summed E-state index contributed by atoms with van der Waals surface area (Å²) in [5.74, 6) is 0.632. The van der Waals surface area contributed by atoms with Gasteiger partial charge in [-0.05, 0) is 66.6 Å². The molecule has 0 radical (unpaired) electrons. The lowest BCUT2D eigenvalue weighted by atomic mass is 10.0. The van der Waals surface area contributed by atoms with E-state index in [0.29, 0.717) is 23.5 Å². The Morgan fingerprint density at radius 1 is 1.09 bits per heavy atom. The fraction of sp³-hybridized carbons (Fsp3) is 0.130. The number of fused-ring (bicyclic) bond motifs is 1. The van der Waals surface area contributed by atoms with Crippen LogP contribution in [0.4, 0.5) is 0 Å². The number of imidazole rings is 1. The molecule has 1 atom stereocenters. The van der Waals surface area contributed by atoms with Crippen molar-refractivity contribution in [1.29, 1.82) is 0 Å². The molecule has 4 aromatic rings. The summed E-state index contributed by atoms with van der Waals surface area (Å²) in [7, 11) is -4.07. The molecule has 0 amide bonds. The maximum Gasteiger partial charge on any atom is 0.329 e. The largest absolute Gasteiger partial charge is 0.480 e. The van der Waals surface area contributed by atoms with Gasteiger partial charge in [0.2, 0.25) is 10.0 Å². The molecule has 10 heteroatoms. The zero-order chi connectivity index (χ0) is 23.0. The maximum absolute atomic E-state index is 13.2. The Bertz CT molecular complexity index is 1380. The van der Waals surface area contributed by atoms with Gasteiger partial charge < -0.3 is 19.2 Å². The van der Waals surface area contributed by atoms with E-state index in [4.69, 9.17) is 9.15 Å². The van der Waals surface area contributed by atoms with Crippen LogP contribution < -0.4 is 4.74 Å². The fourth-order valence-electron chi connectivity index (χ4n) is 3.83. The van der Waals surface area contributed by atoms with Crippen molar-refractivity contribution in [3.63, 3.8) is 0 Å². The van der Waals surface area contributed by atoms with Crippen molar-refractivity contribution in [3.8, 4) is 22.9 Å². The molecule has 3 heterocycles. The van der Waals surface area contributed by atoms with Crippen molar-refractivity contribution >= 4 is 16.0 Å². The minimum absolute atomic E-state index is 0.0238. The van der Waals surface area contributed by atoms with Crippen LogP contribution in [0.5, 0.6) is 11.5 Å². The van der Waals surface area contributed by atoms with Crippen molar-refractivity contribution in [2.24, 2.45) is 0 Å². The number of hydrogen-bond donors (Lipinski definition) is 2. The number of nitrogens with one attached hydrogen (secondary N) is 1. The second-order valence-electron chi connectivity index (χ2n) is 7.45. The average Bonchev–Trinajstić information content (AvgIpc) is 3.51. The van der Waals surface area contributed by atoms with Gasteiger partial charge in [0, 0.05) is 24.5 Å². The molecule has 0 fully saturated rings. The molecule has 168 valence electrons. The number of rotatable bonds is 6. The molecule has 33 heavy (non-hydrogen) atoms. The Morgan fingerprint density at radius 2 is 1.79 bits per heavy atom. The molecule has 2 N–H and O–H groups in total. The number of aromatic nitrogens is 2. The Hall–Kier alpha value is -3.89. The highest BCUT2D eigenvalue weighted by Crippen LogP contribution is 2.35. The van der Waals surface area contributed by atoms with Crippen molar-refractivity contribution < 1.29 is 27.5 Å². The summed E-state index contributed by atoms with van der Waals surface area (Å²) in [5.41, 5.74) is 1.61. The SMILES string of the molecule is O=C(O)C1c2occc2CCN1S(=O)(=O)c1ccc(Oc2ccc(-c3ncc[nH]3)cc2)cc1. The summed E-state index contributed by atoms with van der Waals surface area (Å²) in [4.78, 5) is 19.1. The fourth-order valence-corrected chi connectivity index (χ4v) is 5.38. The molecule has 1 aliphatic heterocycles. The minimum atomic E-state index is -4.07. The quantitative estimate of drug-likeness (QED) is 0.443. The van der Waals surface area contributed by atoms with Gasteiger partial charge in [-0.25, -0.2) is 18.2 Å². The number of nitrogens with zero attached hydrogens (tertiary/aromatic N) is 2. The van der Waals surface area contributed by atoms with E-state index in [1.54, 1.807) is 30.6 Å². The van der Waals surface area contributed by atoms with Gasteiger partial charge in [-0.15, -0.1) is 0 Å². The van der Waals surface area contributed by atoms with E-state index in [1.165, 1.54) is 30.5 Å². The minimum Gasteiger partial charge on any atom is -0.480 e. The standard InChI is InChI=1S/C23H19N3O6S/c27-23(28)20-21-15(10-14-31-21)9-13-26(20)33(29,30)19-7-5-18(6-8-19)32-17-3-1-16(2-4-17)22-24-11-12-25-22/h1-8,10-12,14,20H,9,13H2,(H,24,25)(H,27,28). The number of furan rings is 1. The maximum atomic E-state index is 13.2. The third kappa shape index (κ3) is 3.90. The smallest absolute Gasteiger partial charge is 0.329 e. The molecule has 5 rings (SSSR count). The van der Waals surface area contributed by atoms with E-state index >= 15 is 0 Å². The molecule has 2 aromatic carbocycles. The number of carboxylic acids is 1. The summed E-state index contributed by atoms with van der Waals surface area (Å²) in [5, 5.41) is 9.68. The Kier molecular flexibility index (Phi) is 5.23. The zero-order valence-electron chi connectivity index (χ0n) is 17.2. The third-order valence-electron chi connectivity index (χ3n) is 5.44. The molecule has 0 aliphatic carbocycles. The van der Waals surface area contributed by atoms with Crippen molar-refractivity contribution in [2.45, 2.75) is 17.4 Å². The molecular weight excluding hydrogens is 446 g/mol. The van der Waals surface area contributed by atoms with Gasteiger partial charge in [0.25, 0.3) is 0 Å². The summed E-state index contributed by atoms with van der Waals surface area (Å²) in [6, 6.07) is 13.4. The lowest BCUT2D eigenvalue weighted by molar-refractivity contribution is -0.142. The van der Waals surface area contributed by atoms with Crippen LogP contribution in [-0.4, -0.2) is 40.3 Å². The molecule has 0 saturated heterocycles. The van der Waals surface area contributed by atoms with Gasteiger partial charge in [-0.3, -0.25) is 0 Å². The number of ether oxygens (including phenoxy) is 1. The first-order valence-corrected chi connectivity index (χ1v) is 11.6. The summed E-state index contributed by atoms with van der Waals surface area (Å²) >= 11 is 0. The van der Waals surface area contributed by atoms with Gasteiger partial charge in [0.15, 0.2) is 6.04 Å².